The molecule has 0 radical (unpaired) electrons. The van der Waals surface area contributed by atoms with Gasteiger partial charge < -0.3 is 14.5 Å². The third-order valence-electron chi connectivity index (χ3n) is 12.4. The first-order chi connectivity index (χ1) is 29.1. The van der Waals surface area contributed by atoms with Gasteiger partial charge in [-0.3, -0.25) is 4.57 Å². The number of fused-ring (bicyclic) bond motifs is 7. The minimum atomic E-state index is -0.161. The van der Waals surface area contributed by atoms with Gasteiger partial charge in [0.2, 0.25) is 0 Å². The lowest BCUT2D eigenvalue weighted by molar-refractivity contribution is 0.483. The highest BCUT2D eigenvalue weighted by molar-refractivity contribution is 6.09. The Balaban J connectivity index is 0.994. The summed E-state index contributed by atoms with van der Waals surface area (Å²) in [7, 11) is 0. The maximum atomic E-state index is 6.76. The maximum Gasteiger partial charge on any atom is 0.161 e. The summed E-state index contributed by atoms with van der Waals surface area (Å²) >= 11 is 0. The molecule has 60 heavy (non-hydrogen) atoms. The zero-order valence-corrected chi connectivity index (χ0v) is 34.4. The Kier molecular flexibility index (Phi) is 8.01. The van der Waals surface area contributed by atoms with Crippen molar-refractivity contribution in [2.75, 3.05) is 16.5 Å². The molecule has 4 heterocycles. The summed E-state index contributed by atoms with van der Waals surface area (Å²) in [5.74, 6) is 3.11. The number of hydrogen-bond donors (Lipinski definition) is 0. The average molecular weight is 781 g/mol. The van der Waals surface area contributed by atoms with Crippen molar-refractivity contribution in [1.29, 1.82) is 0 Å². The minimum Gasteiger partial charge on any atom is -0.457 e. The van der Waals surface area contributed by atoms with Gasteiger partial charge in [0.05, 0.1) is 28.1 Å². The average Bonchev–Trinajstić information content (AvgIpc) is 3.89. The van der Waals surface area contributed by atoms with Gasteiger partial charge in [-0.15, -0.1) is 0 Å². The molecule has 0 unspecified atom stereocenters. The van der Waals surface area contributed by atoms with E-state index in [0.29, 0.717) is 12.5 Å². The van der Waals surface area contributed by atoms with Gasteiger partial charge in [-0.2, -0.15) is 0 Å². The Hall–Kier alpha value is -7.25. The predicted octanol–water partition coefficient (Wildman–Crippen LogP) is 13.3. The Morgan fingerprint density at radius 2 is 1.30 bits per heavy atom. The molecule has 1 aliphatic heterocycles. The van der Waals surface area contributed by atoms with Crippen LogP contribution in [0.15, 0.2) is 164 Å². The molecule has 0 spiro atoms. The fourth-order valence-corrected chi connectivity index (χ4v) is 9.42. The first-order valence-corrected chi connectivity index (χ1v) is 20.6. The van der Waals surface area contributed by atoms with Crippen LogP contribution in [0.1, 0.15) is 51.3 Å². The van der Waals surface area contributed by atoms with Crippen molar-refractivity contribution < 1.29 is 4.74 Å². The molecule has 0 fully saturated rings. The summed E-state index contributed by atoms with van der Waals surface area (Å²) in [5.41, 5.74) is 13.7. The SMILES string of the molecule is CC(C)(C)c1ccnc(-n2c3ccccc3c3ccc(Oc4cccc(N5CN(c6c(-c7ncccn7)ccc7c6-c6ccccc6C7(C)C)c6ccccc65)c4)cc32)c1. The predicted molar refractivity (Wildman–Crippen MR) is 244 cm³/mol. The lowest BCUT2D eigenvalue weighted by atomic mass is 9.82. The second-order valence-corrected chi connectivity index (χ2v) is 17.4. The first-order valence-electron chi connectivity index (χ1n) is 20.6. The molecule has 0 amide bonds. The fourth-order valence-electron chi connectivity index (χ4n) is 9.42. The summed E-state index contributed by atoms with van der Waals surface area (Å²) in [5, 5.41) is 2.33. The van der Waals surface area contributed by atoms with Gasteiger partial charge in [0.15, 0.2) is 5.82 Å². The molecule has 2 aliphatic rings. The molecule has 9 aromatic rings. The number of pyridine rings is 1. The Labute approximate surface area is 350 Å². The lowest BCUT2D eigenvalue weighted by Gasteiger charge is -2.28. The lowest BCUT2D eigenvalue weighted by Crippen LogP contribution is -2.25. The van der Waals surface area contributed by atoms with Crippen LogP contribution < -0.4 is 14.5 Å². The van der Waals surface area contributed by atoms with Crippen molar-refractivity contribution >= 4 is 44.6 Å². The zero-order chi connectivity index (χ0) is 40.8. The van der Waals surface area contributed by atoms with Crippen LogP contribution >= 0.6 is 0 Å². The Bertz CT molecular complexity index is 3140. The number of para-hydroxylation sites is 3. The highest BCUT2D eigenvalue weighted by atomic mass is 16.5. The molecule has 3 aromatic heterocycles. The summed E-state index contributed by atoms with van der Waals surface area (Å²) in [6.07, 6.45) is 5.57. The highest BCUT2D eigenvalue weighted by Gasteiger charge is 2.41. The van der Waals surface area contributed by atoms with Gasteiger partial charge in [-0.1, -0.05) is 101 Å². The normalized spacial score (nSPS) is 14.1. The smallest absolute Gasteiger partial charge is 0.161 e. The van der Waals surface area contributed by atoms with E-state index in [-0.39, 0.29) is 10.8 Å². The third kappa shape index (κ3) is 5.60. The van der Waals surface area contributed by atoms with E-state index in [4.69, 9.17) is 19.7 Å². The minimum absolute atomic E-state index is 0.00924. The Morgan fingerprint density at radius 1 is 0.567 bits per heavy atom. The number of benzene rings is 6. The largest absolute Gasteiger partial charge is 0.457 e. The molecule has 1 aliphatic carbocycles. The topological polar surface area (TPSA) is 59.3 Å². The highest BCUT2D eigenvalue weighted by Crippen LogP contribution is 2.57. The van der Waals surface area contributed by atoms with Crippen molar-refractivity contribution in [3.05, 3.63) is 181 Å². The maximum absolute atomic E-state index is 6.76. The van der Waals surface area contributed by atoms with Gasteiger partial charge in [-0.25, -0.2) is 15.0 Å². The van der Waals surface area contributed by atoms with Gasteiger partial charge in [0.1, 0.15) is 24.0 Å². The number of ether oxygens (including phenoxy) is 1. The molecule has 292 valence electrons. The van der Waals surface area contributed by atoms with Crippen molar-refractivity contribution in [2.24, 2.45) is 0 Å². The number of anilines is 4. The van der Waals surface area contributed by atoms with E-state index in [0.717, 1.165) is 62.0 Å². The van der Waals surface area contributed by atoms with Crippen LogP contribution in [0.4, 0.5) is 22.7 Å². The standard InChI is InChI=1S/C53H44N6O/c1-52(2,3)34-26-29-54-48(30-34)59-44-19-9-7-16-38(44)39-23-22-37(32-47(39)59)60-36-15-12-14-35(31-36)57-33-58(46-21-11-10-20-45(46)57)50-41(51-55-27-13-28-56-51)24-25-43-49(50)40-17-6-8-18-42(40)53(43,4)5/h6-32H,33H2,1-5H3. The summed E-state index contributed by atoms with van der Waals surface area (Å²) in [6, 6.07) is 51.5. The van der Waals surface area contributed by atoms with E-state index < -0.39 is 0 Å². The van der Waals surface area contributed by atoms with Crippen molar-refractivity contribution in [3.63, 3.8) is 0 Å². The molecule has 0 atom stereocenters. The second kappa shape index (κ2) is 13.4. The molecule has 0 bridgehead atoms. The molecular formula is C53H44N6O. The van der Waals surface area contributed by atoms with Crippen molar-refractivity contribution in [2.45, 2.75) is 45.4 Å². The summed E-state index contributed by atoms with van der Waals surface area (Å²) in [6.45, 7) is 12.0. The number of hydrogen-bond acceptors (Lipinski definition) is 6. The van der Waals surface area contributed by atoms with E-state index in [1.165, 1.54) is 33.2 Å². The van der Waals surface area contributed by atoms with E-state index >= 15 is 0 Å². The van der Waals surface area contributed by atoms with Gasteiger partial charge >= 0.3 is 0 Å². The Morgan fingerprint density at radius 3 is 2.13 bits per heavy atom. The van der Waals surface area contributed by atoms with Gasteiger partial charge in [0.25, 0.3) is 0 Å². The zero-order valence-electron chi connectivity index (χ0n) is 34.4. The van der Waals surface area contributed by atoms with Crippen LogP contribution in [0.5, 0.6) is 11.5 Å². The van der Waals surface area contributed by atoms with E-state index in [1.807, 2.05) is 30.7 Å². The number of aromatic nitrogens is 4. The van der Waals surface area contributed by atoms with E-state index in [2.05, 4.69) is 182 Å². The van der Waals surface area contributed by atoms with Crippen LogP contribution in [0.25, 0.3) is 50.1 Å². The summed E-state index contributed by atoms with van der Waals surface area (Å²) in [4.78, 5) is 19.3. The van der Waals surface area contributed by atoms with Gasteiger partial charge in [-0.05, 0) is 94.4 Å². The first kappa shape index (κ1) is 35.9. The molecular weight excluding hydrogens is 737 g/mol. The van der Waals surface area contributed by atoms with Crippen LogP contribution in [-0.2, 0) is 10.8 Å². The van der Waals surface area contributed by atoms with Crippen molar-refractivity contribution in [1.82, 2.24) is 19.5 Å². The van der Waals surface area contributed by atoms with E-state index in [1.54, 1.807) is 0 Å². The second-order valence-electron chi connectivity index (χ2n) is 17.4. The molecule has 7 nitrogen and oxygen atoms in total. The number of rotatable bonds is 6. The van der Waals surface area contributed by atoms with Crippen molar-refractivity contribution in [3.8, 4) is 39.8 Å². The third-order valence-corrected chi connectivity index (χ3v) is 12.4. The van der Waals surface area contributed by atoms with Crippen LogP contribution in [0.2, 0.25) is 0 Å². The molecule has 0 N–H and O–H groups in total. The van der Waals surface area contributed by atoms with Crippen LogP contribution in [0.3, 0.4) is 0 Å². The van der Waals surface area contributed by atoms with Gasteiger partial charge in [0, 0.05) is 63.7 Å². The van der Waals surface area contributed by atoms with Crippen LogP contribution in [0, 0.1) is 0 Å². The monoisotopic (exact) mass is 780 g/mol. The molecule has 11 rings (SSSR count). The van der Waals surface area contributed by atoms with Crippen LogP contribution in [-0.4, -0.2) is 26.2 Å². The van der Waals surface area contributed by atoms with E-state index in [9.17, 15) is 0 Å². The summed E-state index contributed by atoms with van der Waals surface area (Å²) < 4.78 is 9.02. The molecule has 0 saturated heterocycles. The molecule has 6 aromatic carbocycles. The number of nitrogens with zero attached hydrogens (tertiary/aromatic N) is 6. The fraction of sp³-hybridized carbons (Fsp3) is 0.151. The molecule has 0 saturated carbocycles. The quantitative estimate of drug-likeness (QED) is 0.167. The molecule has 7 heteroatoms.